The molecule has 1 aromatic carbocycles. The highest BCUT2D eigenvalue weighted by Crippen LogP contribution is 2.49. The van der Waals surface area contributed by atoms with E-state index in [0.717, 1.165) is 36.3 Å². The highest BCUT2D eigenvalue weighted by Gasteiger charge is 2.44. The van der Waals surface area contributed by atoms with Crippen molar-refractivity contribution in [2.45, 2.75) is 57.6 Å². The highest BCUT2D eigenvalue weighted by atomic mass is 16.5. The molecule has 1 spiro atoms. The van der Waals surface area contributed by atoms with Crippen LogP contribution in [0, 0.1) is 5.41 Å². The third-order valence-corrected chi connectivity index (χ3v) is 5.05. The first-order valence-electron chi connectivity index (χ1n) is 7.56. The van der Waals surface area contributed by atoms with Gasteiger partial charge in [-0.05, 0) is 49.3 Å². The molecule has 3 nitrogen and oxygen atoms in total. The fraction of sp³-hybridized carbons (Fsp3) is 0.647. The molecule has 1 aliphatic carbocycles. The van der Waals surface area contributed by atoms with E-state index in [4.69, 9.17) is 15.2 Å². The van der Waals surface area contributed by atoms with Crippen molar-refractivity contribution >= 4 is 0 Å². The minimum Gasteiger partial charge on any atom is -0.497 e. The summed E-state index contributed by atoms with van der Waals surface area (Å²) in [5.41, 5.74) is 7.89. The number of nitrogens with two attached hydrogens (primary N) is 1. The van der Waals surface area contributed by atoms with E-state index in [-0.39, 0.29) is 11.6 Å². The number of ether oxygens (including phenoxy) is 2. The molecule has 3 rings (SSSR count). The molecule has 0 unspecified atom stereocenters. The van der Waals surface area contributed by atoms with Crippen molar-refractivity contribution in [3.8, 4) is 11.5 Å². The second-order valence-corrected chi connectivity index (χ2v) is 7.16. The molecule has 0 saturated heterocycles. The molecule has 110 valence electrons. The van der Waals surface area contributed by atoms with Crippen LogP contribution in [0.4, 0.5) is 0 Å². The lowest BCUT2D eigenvalue weighted by molar-refractivity contribution is -0.0260. The van der Waals surface area contributed by atoms with Crippen LogP contribution < -0.4 is 15.2 Å². The zero-order valence-electron chi connectivity index (χ0n) is 12.7. The summed E-state index contributed by atoms with van der Waals surface area (Å²) in [6, 6.07) is 6.03. The summed E-state index contributed by atoms with van der Waals surface area (Å²) in [5, 5.41) is 0. The van der Waals surface area contributed by atoms with Crippen molar-refractivity contribution in [1.29, 1.82) is 0 Å². The maximum atomic E-state index is 6.41. The Bertz CT molecular complexity index is 500. The second-order valence-electron chi connectivity index (χ2n) is 7.16. The van der Waals surface area contributed by atoms with Crippen LogP contribution in [-0.4, -0.2) is 12.7 Å². The highest BCUT2D eigenvalue weighted by molar-refractivity contribution is 5.44. The predicted molar refractivity (Wildman–Crippen MR) is 80.1 cm³/mol. The number of benzene rings is 1. The van der Waals surface area contributed by atoms with Crippen LogP contribution in [0.25, 0.3) is 0 Å². The molecule has 1 fully saturated rings. The van der Waals surface area contributed by atoms with Crippen LogP contribution in [-0.2, 0) is 0 Å². The van der Waals surface area contributed by atoms with Crippen LogP contribution >= 0.6 is 0 Å². The number of methoxy groups -OCH3 is 1. The van der Waals surface area contributed by atoms with Gasteiger partial charge in [-0.2, -0.15) is 0 Å². The van der Waals surface area contributed by atoms with Crippen LogP contribution in [0.2, 0.25) is 0 Å². The minimum absolute atomic E-state index is 0.0451. The first-order chi connectivity index (χ1) is 9.43. The fourth-order valence-corrected chi connectivity index (χ4v) is 3.51. The van der Waals surface area contributed by atoms with E-state index < -0.39 is 0 Å². The molecule has 2 aliphatic rings. The molecule has 0 bridgehead atoms. The van der Waals surface area contributed by atoms with Crippen molar-refractivity contribution in [3.63, 3.8) is 0 Å². The van der Waals surface area contributed by atoms with Crippen LogP contribution in [0.5, 0.6) is 11.5 Å². The third-order valence-electron chi connectivity index (χ3n) is 5.05. The Morgan fingerprint density at radius 2 is 1.90 bits per heavy atom. The Morgan fingerprint density at radius 3 is 2.55 bits per heavy atom. The molecule has 1 aliphatic heterocycles. The van der Waals surface area contributed by atoms with Crippen molar-refractivity contribution in [3.05, 3.63) is 23.8 Å². The topological polar surface area (TPSA) is 44.5 Å². The number of hydrogen-bond donors (Lipinski definition) is 1. The largest absolute Gasteiger partial charge is 0.497 e. The van der Waals surface area contributed by atoms with Gasteiger partial charge < -0.3 is 15.2 Å². The molecule has 1 aromatic rings. The smallest absolute Gasteiger partial charge is 0.125 e. The van der Waals surface area contributed by atoms with Gasteiger partial charge in [0.25, 0.3) is 0 Å². The summed E-state index contributed by atoms with van der Waals surface area (Å²) in [4.78, 5) is 0. The average molecular weight is 275 g/mol. The maximum Gasteiger partial charge on any atom is 0.125 e. The zero-order valence-corrected chi connectivity index (χ0v) is 12.7. The van der Waals surface area contributed by atoms with E-state index in [9.17, 15) is 0 Å². The van der Waals surface area contributed by atoms with Gasteiger partial charge in [0.15, 0.2) is 0 Å². The maximum absolute atomic E-state index is 6.41. The van der Waals surface area contributed by atoms with Gasteiger partial charge in [0.1, 0.15) is 17.1 Å². The van der Waals surface area contributed by atoms with Gasteiger partial charge in [-0.3, -0.25) is 0 Å². The molecule has 0 amide bonds. The lowest BCUT2D eigenvalue weighted by Gasteiger charge is -2.47. The van der Waals surface area contributed by atoms with Crippen molar-refractivity contribution in [1.82, 2.24) is 0 Å². The zero-order chi connectivity index (χ0) is 14.4. The summed E-state index contributed by atoms with van der Waals surface area (Å²) in [6.45, 7) is 4.70. The molecule has 2 N–H and O–H groups in total. The second kappa shape index (κ2) is 4.66. The summed E-state index contributed by atoms with van der Waals surface area (Å²) in [6.07, 6.45) is 5.57. The van der Waals surface area contributed by atoms with Gasteiger partial charge in [-0.15, -0.1) is 0 Å². The van der Waals surface area contributed by atoms with Gasteiger partial charge >= 0.3 is 0 Å². The normalized spacial score (nSPS) is 26.7. The molecular formula is C17H25NO2. The fourth-order valence-electron chi connectivity index (χ4n) is 3.51. The van der Waals surface area contributed by atoms with Crippen molar-refractivity contribution in [2.24, 2.45) is 11.1 Å². The Labute approximate surface area is 121 Å². The monoisotopic (exact) mass is 275 g/mol. The number of fused-ring (bicyclic) bond motifs is 1. The molecule has 3 heteroatoms. The van der Waals surface area contributed by atoms with Crippen molar-refractivity contribution < 1.29 is 9.47 Å². The standard InChI is InChI=1S/C17H25NO2/c1-16(2)6-8-17(9-7-16)11-14(18)13-10-12(19-3)4-5-15(13)20-17/h4-5,10,14H,6-9,11,18H2,1-3H3/t14-/m0/s1. The summed E-state index contributed by atoms with van der Waals surface area (Å²) in [5.74, 6) is 1.80. The Morgan fingerprint density at radius 1 is 1.20 bits per heavy atom. The summed E-state index contributed by atoms with van der Waals surface area (Å²) >= 11 is 0. The van der Waals surface area contributed by atoms with E-state index >= 15 is 0 Å². The SMILES string of the molecule is COc1ccc2c(c1)[C@@H](N)CC1(CCC(C)(C)CC1)O2. The first-order valence-corrected chi connectivity index (χ1v) is 7.56. The molecule has 1 saturated carbocycles. The lowest BCUT2D eigenvalue weighted by atomic mass is 9.68. The predicted octanol–water partition coefficient (Wildman–Crippen LogP) is 3.82. The van der Waals surface area contributed by atoms with E-state index in [0.29, 0.717) is 5.41 Å². The van der Waals surface area contributed by atoms with Gasteiger partial charge in [0, 0.05) is 18.0 Å². The van der Waals surface area contributed by atoms with Gasteiger partial charge in [0.05, 0.1) is 7.11 Å². The lowest BCUT2D eigenvalue weighted by Crippen LogP contribution is -2.46. The molecule has 0 radical (unpaired) electrons. The summed E-state index contributed by atoms with van der Waals surface area (Å²) < 4.78 is 11.7. The van der Waals surface area contributed by atoms with Gasteiger partial charge in [-0.1, -0.05) is 13.8 Å². The quantitative estimate of drug-likeness (QED) is 0.847. The summed E-state index contributed by atoms with van der Waals surface area (Å²) in [7, 11) is 1.68. The first kappa shape index (κ1) is 13.7. The molecular weight excluding hydrogens is 250 g/mol. The van der Waals surface area contributed by atoms with Crippen LogP contribution in [0.3, 0.4) is 0 Å². The molecule has 1 heterocycles. The Kier molecular flexibility index (Phi) is 3.20. The number of rotatable bonds is 1. The molecule has 0 aromatic heterocycles. The van der Waals surface area contributed by atoms with Crippen LogP contribution in [0.15, 0.2) is 18.2 Å². The number of hydrogen-bond acceptors (Lipinski definition) is 3. The van der Waals surface area contributed by atoms with Gasteiger partial charge in [0.2, 0.25) is 0 Å². The Balaban J connectivity index is 1.86. The molecule has 20 heavy (non-hydrogen) atoms. The average Bonchev–Trinajstić information content (AvgIpc) is 2.43. The van der Waals surface area contributed by atoms with E-state index in [1.165, 1.54) is 12.8 Å². The minimum atomic E-state index is -0.0451. The molecule has 1 atom stereocenters. The van der Waals surface area contributed by atoms with E-state index in [1.807, 2.05) is 18.2 Å². The Hall–Kier alpha value is -1.22. The van der Waals surface area contributed by atoms with Crippen molar-refractivity contribution in [2.75, 3.05) is 7.11 Å². The van der Waals surface area contributed by atoms with Crippen LogP contribution in [0.1, 0.15) is 57.6 Å². The van der Waals surface area contributed by atoms with Gasteiger partial charge in [-0.25, -0.2) is 0 Å². The van der Waals surface area contributed by atoms with E-state index in [2.05, 4.69) is 13.8 Å². The van der Waals surface area contributed by atoms with E-state index in [1.54, 1.807) is 7.11 Å². The third kappa shape index (κ3) is 2.39.